The fourth-order valence-corrected chi connectivity index (χ4v) is 4.74. The summed E-state index contributed by atoms with van der Waals surface area (Å²) in [6, 6.07) is 10.7. The number of fused-ring (bicyclic) bond motifs is 2. The molecule has 166 valence electrons. The fourth-order valence-electron chi connectivity index (χ4n) is 4.74. The van der Waals surface area contributed by atoms with Gasteiger partial charge in [0.2, 0.25) is 5.95 Å². The van der Waals surface area contributed by atoms with E-state index in [4.69, 9.17) is 4.98 Å². The number of nitrogens with zero attached hydrogens (tertiary/aromatic N) is 6. The third kappa shape index (κ3) is 3.97. The van der Waals surface area contributed by atoms with E-state index < -0.39 is 0 Å². The number of H-pyrrole nitrogens is 1. The van der Waals surface area contributed by atoms with Gasteiger partial charge in [-0.25, -0.2) is 9.97 Å². The summed E-state index contributed by atoms with van der Waals surface area (Å²) in [5, 5.41) is 14.0. The summed E-state index contributed by atoms with van der Waals surface area (Å²) >= 11 is 0. The molecule has 1 aliphatic carbocycles. The van der Waals surface area contributed by atoms with Crippen molar-refractivity contribution in [3.05, 3.63) is 88.8 Å². The number of hydrogen-bond acceptors (Lipinski definition) is 6. The average Bonchev–Trinajstić information content (AvgIpc) is 3.59. The summed E-state index contributed by atoms with van der Waals surface area (Å²) in [5.74, 6) is 0.696. The van der Waals surface area contributed by atoms with Crippen LogP contribution in [0.5, 0.6) is 0 Å². The summed E-state index contributed by atoms with van der Waals surface area (Å²) in [7, 11) is 0. The molecule has 0 radical (unpaired) electrons. The minimum Gasteiger partial charge on any atom is -0.351 e. The van der Waals surface area contributed by atoms with E-state index in [1.807, 2.05) is 34.1 Å². The molecule has 3 aromatic heterocycles. The molecular formula is C24H24N8O. The van der Waals surface area contributed by atoms with E-state index in [0.717, 1.165) is 36.2 Å². The maximum Gasteiger partial charge on any atom is 0.255 e. The first-order valence-corrected chi connectivity index (χ1v) is 11.2. The summed E-state index contributed by atoms with van der Waals surface area (Å²) in [4.78, 5) is 24.2. The number of rotatable bonds is 5. The van der Waals surface area contributed by atoms with Crippen molar-refractivity contribution < 1.29 is 4.79 Å². The van der Waals surface area contributed by atoms with Crippen molar-refractivity contribution in [2.75, 3.05) is 11.9 Å². The van der Waals surface area contributed by atoms with Crippen LogP contribution in [0.15, 0.2) is 55.1 Å². The standard InChI is InChI=1S/C24H24N8O/c33-23(18-5-7-31(13-18)15-21-12-26-30-29-21)32-8-6-22-19(14-32)11-25-24(28-22)27-20-9-16-3-1-2-4-17(16)10-20/h1-5,7,11-13,20H,6,8-10,14-15H2,(H,25,27,28)(H,26,29,30). The maximum atomic E-state index is 13.1. The van der Waals surface area contributed by atoms with Gasteiger partial charge in [0.15, 0.2) is 0 Å². The van der Waals surface area contributed by atoms with Gasteiger partial charge in [0.1, 0.15) is 5.69 Å². The van der Waals surface area contributed by atoms with Crippen molar-refractivity contribution in [2.45, 2.75) is 38.4 Å². The Balaban J connectivity index is 1.10. The van der Waals surface area contributed by atoms with Crippen molar-refractivity contribution in [3.63, 3.8) is 0 Å². The molecule has 2 N–H and O–H groups in total. The molecule has 2 aliphatic rings. The number of aromatic nitrogens is 6. The lowest BCUT2D eigenvalue weighted by Crippen LogP contribution is -2.36. The van der Waals surface area contributed by atoms with Crippen LogP contribution in [-0.4, -0.2) is 53.3 Å². The summed E-state index contributed by atoms with van der Waals surface area (Å²) in [5.41, 5.74) is 6.32. The number of aromatic amines is 1. The zero-order valence-electron chi connectivity index (χ0n) is 18.1. The van der Waals surface area contributed by atoms with Gasteiger partial charge < -0.3 is 14.8 Å². The van der Waals surface area contributed by atoms with Crippen LogP contribution in [0.2, 0.25) is 0 Å². The minimum absolute atomic E-state index is 0.0190. The Bertz CT molecular complexity index is 1270. The van der Waals surface area contributed by atoms with Crippen LogP contribution in [0.25, 0.3) is 0 Å². The second kappa shape index (κ2) is 8.16. The normalized spacial score (nSPS) is 15.3. The molecule has 0 saturated heterocycles. The highest BCUT2D eigenvalue weighted by atomic mass is 16.2. The summed E-state index contributed by atoms with van der Waals surface area (Å²) < 4.78 is 1.94. The van der Waals surface area contributed by atoms with Gasteiger partial charge in [-0.3, -0.25) is 4.79 Å². The van der Waals surface area contributed by atoms with E-state index in [2.05, 4.69) is 50.0 Å². The Morgan fingerprint density at radius 3 is 2.76 bits per heavy atom. The van der Waals surface area contributed by atoms with E-state index in [9.17, 15) is 4.79 Å². The Kier molecular flexibility index (Phi) is 4.86. The van der Waals surface area contributed by atoms with E-state index >= 15 is 0 Å². The molecule has 1 aliphatic heterocycles. The van der Waals surface area contributed by atoms with Crippen molar-refractivity contribution in [2.24, 2.45) is 0 Å². The van der Waals surface area contributed by atoms with Crippen LogP contribution in [-0.2, 0) is 32.4 Å². The molecule has 0 bridgehead atoms. The first kappa shape index (κ1) is 19.7. The van der Waals surface area contributed by atoms with E-state index in [0.29, 0.717) is 37.2 Å². The molecule has 9 heteroatoms. The first-order valence-electron chi connectivity index (χ1n) is 11.2. The smallest absolute Gasteiger partial charge is 0.255 e. The zero-order valence-corrected chi connectivity index (χ0v) is 18.1. The molecule has 1 amide bonds. The zero-order chi connectivity index (χ0) is 22.2. The Morgan fingerprint density at radius 1 is 1.12 bits per heavy atom. The van der Waals surface area contributed by atoms with Gasteiger partial charge in [0.25, 0.3) is 5.91 Å². The topological polar surface area (TPSA) is 105 Å². The monoisotopic (exact) mass is 440 g/mol. The fraction of sp³-hybridized carbons (Fsp3) is 0.292. The second-order valence-corrected chi connectivity index (χ2v) is 8.69. The maximum absolute atomic E-state index is 13.1. The van der Waals surface area contributed by atoms with Crippen LogP contribution in [0.1, 0.15) is 38.4 Å². The van der Waals surface area contributed by atoms with Gasteiger partial charge in [0.05, 0.1) is 24.0 Å². The van der Waals surface area contributed by atoms with Gasteiger partial charge in [-0.1, -0.05) is 24.3 Å². The molecule has 6 rings (SSSR count). The summed E-state index contributed by atoms with van der Waals surface area (Å²) in [6.07, 6.45) is 10.0. The molecule has 33 heavy (non-hydrogen) atoms. The van der Waals surface area contributed by atoms with Crippen LogP contribution in [0.3, 0.4) is 0 Å². The highest BCUT2D eigenvalue weighted by molar-refractivity contribution is 5.94. The number of hydrogen-bond donors (Lipinski definition) is 2. The van der Waals surface area contributed by atoms with Crippen LogP contribution in [0, 0.1) is 0 Å². The number of carbonyl (C=O) groups excluding carboxylic acids is 1. The largest absolute Gasteiger partial charge is 0.351 e. The van der Waals surface area contributed by atoms with Crippen molar-refractivity contribution >= 4 is 11.9 Å². The van der Waals surface area contributed by atoms with Crippen LogP contribution >= 0.6 is 0 Å². The molecule has 0 fully saturated rings. The molecule has 9 nitrogen and oxygen atoms in total. The molecule has 4 heterocycles. The average molecular weight is 441 g/mol. The van der Waals surface area contributed by atoms with Crippen molar-refractivity contribution in [1.82, 2.24) is 34.8 Å². The first-order chi connectivity index (χ1) is 16.2. The van der Waals surface area contributed by atoms with Gasteiger partial charge in [0, 0.05) is 49.7 Å². The van der Waals surface area contributed by atoms with E-state index in [1.54, 1.807) is 6.20 Å². The Labute approximate surface area is 190 Å². The lowest BCUT2D eigenvalue weighted by molar-refractivity contribution is 0.0733. The number of benzene rings is 1. The van der Waals surface area contributed by atoms with Crippen LogP contribution < -0.4 is 5.32 Å². The number of anilines is 1. The number of carbonyl (C=O) groups is 1. The van der Waals surface area contributed by atoms with Crippen molar-refractivity contribution in [1.29, 1.82) is 0 Å². The molecule has 0 unspecified atom stereocenters. The van der Waals surface area contributed by atoms with Gasteiger partial charge >= 0.3 is 0 Å². The lowest BCUT2D eigenvalue weighted by Gasteiger charge is -2.28. The number of nitrogens with one attached hydrogen (secondary N) is 2. The van der Waals surface area contributed by atoms with Gasteiger partial charge in [-0.15, -0.1) is 0 Å². The second-order valence-electron chi connectivity index (χ2n) is 8.69. The van der Waals surface area contributed by atoms with Crippen molar-refractivity contribution in [3.8, 4) is 0 Å². The molecule has 0 saturated carbocycles. The predicted molar refractivity (Wildman–Crippen MR) is 122 cm³/mol. The quantitative estimate of drug-likeness (QED) is 0.493. The SMILES string of the molecule is O=C(c1ccn(Cc2cn[nH]n2)c1)N1CCc2nc(NC3Cc4ccccc4C3)ncc2C1. The predicted octanol–water partition coefficient (Wildman–Crippen LogP) is 2.22. The molecule has 0 atom stereocenters. The number of amides is 1. The van der Waals surface area contributed by atoms with E-state index in [1.165, 1.54) is 11.1 Å². The summed E-state index contributed by atoms with van der Waals surface area (Å²) in [6.45, 7) is 1.74. The molecule has 1 aromatic carbocycles. The van der Waals surface area contributed by atoms with Gasteiger partial charge in [-0.2, -0.15) is 15.4 Å². The highest BCUT2D eigenvalue weighted by Gasteiger charge is 2.25. The third-order valence-electron chi connectivity index (χ3n) is 6.41. The molecule has 0 spiro atoms. The Morgan fingerprint density at radius 2 is 1.97 bits per heavy atom. The minimum atomic E-state index is 0.0190. The molecular weight excluding hydrogens is 416 g/mol. The van der Waals surface area contributed by atoms with Crippen LogP contribution in [0.4, 0.5) is 5.95 Å². The lowest BCUT2D eigenvalue weighted by atomic mass is 10.1. The highest BCUT2D eigenvalue weighted by Crippen LogP contribution is 2.25. The van der Waals surface area contributed by atoms with Gasteiger partial charge in [-0.05, 0) is 30.0 Å². The third-order valence-corrected chi connectivity index (χ3v) is 6.41. The molecule has 4 aromatic rings. The van der Waals surface area contributed by atoms with E-state index in [-0.39, 0.29) is 5.91 Å². The Hall–Kier alpha value is -4.01.